The molecule has 0 fully saturated rings. The number of aromatic nitrogens is 1. The number of benzene rings is 1. The zero-order chi connectivity index (χ0) is 18.2. The van der Waals surface area contributed by atoms with Gasteiger partial charge in [0.05, 0.1) is 11.6 Å². The summed E-state index contributed by atoms with van der Waals surface area (Å²) in [5.74, 6) is 1.59. The summed E-state index contributed by atoms with van der Waals surface area (Å²) in [6, 6.07) is 8.84. The maximum Gasteiger partial charge on any atom is 0.219 e. The number of hydrogen-bond acceptors (Lipinski definition) is 4. The highest BCUT2D eigenvalue weighted by Gasteiger charge is 2.06. The van der Waals surface area contributed by atoms with Crippen molar-refractivity contribution >= 4 is 23.6 Å². The zero-order valence-electron chi connectivity index (χ0n) is 14.5. The van der Waals surface area contributed by atoms with Crippen molar-refractivity contribution in [1.29, 1.82) is 0 Å². The molecular weight excluding hydrogens is 340 g/mol. The van der Waals surface area contributed by atoms with Crippen LogP contribution in [-0.2, 0) is 4.79 Å². The molecule has 0 unspecified atom stereocenters. The molecule has 0 aliphatic heterocycles. The zero-order valence-corrected chi connectivity index (χ0v) is 15.2. The third-order valence-electron chi connectivity index (χ3n) is 3.20. The van der Waals surface area contributed by atoms with Crippen LogP contribution < -0.4 is 14.8 Å². The van der Waals surface area contributed by atoms with Crippen LogP contribution in [-0.4, -0.2) is 23.5 Å². The van der Waals surface area contributed by atoms with Crippen LogP contribution in [0.15, 0.2) is 42.6 Å². The first-order valence-electron chi connectivity index (χ1n) is 7.99. The highest BCUT2D eigenvalue weighted by atomic mass is 35.5. The SMILES string of the molecule is CCOc1ccc(Oc2ccc(C=C[C@H](C)NC(C)=O)cn2)c(Cl)c1. The first-order valence-corrected chi connectivity index (χ1v) is 8.37. The summed E-state index contributed by atoms with van der Waals surface area (Å²) in [5.41, 5.74) is 0.905. The van der Waals surface area contributed by atoms with E-state index in [0.717, 1.165) is 5.56 Å². The Morgan fingerprint density at radius 1 is 1.36 bits per heavy atom. The second-order valence-corrected chi connectivity index (χ2v) is 5.81. The summed E-state index contributed by atoms with van der Waals surface area (Å²) in [7, 11) is 0. The summed E-state index contributed by atoms with van der Waals surface area (Å²) >= 11 is 6.19. The summed E-state index contributed by atoms with van der Waals surface area (Å²) < 4.78 is 11.1. The Kier molecular flexibility index (Phi) is 6.83. The number of nitrogens with one attached hydrogen (secondary N) is 1. The number of amides is 1. The third-order valence-corrected chi connectivity index (χ3v) is 3.49. The number of halogens is 1. The van der Waals surface area contributed by atoms with E-state index in [4.69, 9.17) is 21.1 Å². The number of ether oxygens (including phenoxy) is 2. The monoisotopic (exact) mass is 360 g/mol. The fourth-order valence-corrected chi connectivity index (χ4v) is 2.32. The minimum atomic E-state index is -0.0637. The van der Waals surface area contributed by atoms with Crippen molar-refractivity contribution in [3.63, 3.8) is 0 Å². The lowest BCUT2D eigenvalue weighted by molar-refractivity contribution is -0.119. The van der Waals surface area contributed by atoms with Crippen molar-refractivity contribution in [2.75, 3.05) is 6.61 Å². The number of pyridine rings is 1. The van der Waals surface area contributed by atoms with E-state index in [0.29, 0.717) is 29.0 Å². The van der Waals surface area contributed by atoms with Gasteiger partial charge in [0, 0.05) is 31.3 Å². The van der Waals surface area contributed by atoms with Crippen molar-refractivity contribution < 1.29 is 14.3 Å². The van der Waals surface area contributed by atoms with Gasteiger partial charge < -0.3 is 14.8 Å². The molecule has 1 aromatic carbocycles. The quantitative estimate of drug-likeness (QED) is 0.791. The van der Waals surface area contributed by atoms with Crippen molar-refractivity contribution in [2.45, 2.75) is 26.8 Å². The molecule has 0 radical (unpaired) electrons. The largest absolute Gasteiger partial charge is 0.494 e. The first-order chi connectivity index (χ1) is 12.0. The van der Waals surface area contributed by atoms with Gasteiger partial charge >= 0.3 is 0 Å². The van der Waals surface area contributed by atoms with Gasteiger partial charge in [0.15, 0.2) is 0 Å². The molecule has 1 atom stereocenters. The van der Waals surface area contributed by atoms with Crippen LogP contribution in [0.5, 0.6) is 17.4 Å². The van der Waals surface area contributed by atoms with Crippen molar-refractivity contribution in [3.8, 4) is 17.4 Å². The number of carbonyl (C=O) groups is 1. The van der Waals surface area contributed by atoms with Crippen LogP contribution in [0.4, 0.5) is 0 Å². The lowest BCUT2D eigenvalue weighted by Crippen LogP contribution is -2.28. The van der Waals surface area contributed by atoms with Crippen LogP contribution in [0.2, 0.25) is 5.02 Å². The van der Waals surface area contributed by atoms with Gasteiger partial charge in [-0.05, 0) is 37.6 Å². The lowest BCUT2D eigenvalue weighted by atomic mass is 10.2. The lowest BCUT2D eigenvalue weighted by Gasteiger charge is -2.09. The van der Waals surface area contributed by atoms with Gasteiger partial charge in [-0.25, -0.2) is 4.98 Å². The van der Waals surface area contributed by atoms with E-state index in [2.05, 4.69) is 10.3 Å². The molecular formula is C19H21ClN2O3. The molecule has 0 spiro atoms. The topological polar surface area (TPSA) is 60.5 Å². The normalized spacial score (nSPS) is 12.0. The summed E-state index contributed by atoms with van der Waals surface area (Å²) in [6.07, 6.45) is 5.47. The Morgan fingerprint density at radius 3 is 2.76 bits per heavy atom. The van der Waals surface area contributed by atoms with Crippen molar-refractivity contribution in [2.24, 2.45) is 0 Å². The molecule has 0 saturated heterocycles. The molecule has 0 aliphatic rings. The maximum absolute atomic E-state index is 11.0. The van der Waals surface area contributed by atoms with Gasteiger partial charge in [0.25, 0.3) is 0 Å². The number of rotatable bonds is 7. The molecule has 0 saturated carbocycles. The maximum atomic E-state index is 11.0. The highest BCUT2D eigenvalue weighted by molar-refractivity contribution is 6.32. The standard InChI is InChI=1S/C19H21ClN2O3/c1-4-24-16-8-9-18(17(20)11-16)25-19-10-7-15(12-21-19)6-5-13(2)22-14(3)23/h5-13H,4H2,1-3H3,(H,22,23)/t13-/m0/s1. The molecule has 2 rings (SSSR count). The van der Waals surface area contributed by atoms with Gasteiger partial charge in [0.2, 0.25) is 11.8 Å². The fraction of sp³-hybridized carbons (Fsp3) is 0.263. The third kappa shape index (κ3) is 6.12. The molecule has 6 heteroatoms. The minimum absolute atomic E-state index is 0.0453. The van der Waals surface area contributed by atoms with E-state index < -0.39 is 0 Å². The molecule has 2 aromatic rings. The Balaban J connectivity index is 2.00. The Bertz CT molecular complexity index is 745. The smallest absolute Gasteiger partial charge is 0.219 e. The number of nitrogens with zero attached hydrogens (tertiary/aromatic N) is 1. The molecule has 25 heavy (non-hydrogen) atoms. The molecule has 1 aromatic heterocycles. The molecule has 1 N–H and O–H groups in total. The van der Waals surface area contributed by atoms with Crippen LogP contribution in [0, 0.1) is 0 Å². The van der Waals surface area contributed by atoms with Gasteiger partial charge in [-0.2, -0.15) is 0 Å². The average Bonchev–Trinajstić information content (AvgIpc) is 2.56. The second-order valence-electron chi connectivity index (χ2n) is 5.41. The number of carbonyl (C=O) groups excluding carboxylic acids is 1. The Labute approximate surface area is 152 Å². The molecule has 132 valence electrons. The summed E-state index contributed by atoms with van der Waals surface area (Å²) in [5, 5.41) is 3.24. The van der Waals surface area contributed by atoms with Crippen LogP contribution >= 0.6 is 11.6 Å². The Morgan fingerprint density at radius 2 is 2.16 bits per heavy atom. The van der Waals surface area contributed by atoms with E-state index >= 15 is 0 Å². The predicted octanol–water partition coefficient (Wildman–Crippen LogP) is 4.46. The van der Waals surface area contributed by atoms with Crippen LogP contribution in [0.25, 0.3) is 6.08 Å². The Hall–Kier alpha value is -2.53. The van der Waals surface area contributed by atoms with Gasteiger partial charge in [-0.3, -0.25) is 4.79 Å². The highest BCUT2D eigenvalue weighted by Crippen LogP contribution is 2.31. The average molecular weight is 361 g/mol. The molecule has 1 heterocycles. The van der Waals surface area contributed by atoms with E-state index in [-0.39, 0.29) is 11.9 Å². The fourth-order valence-electron chi connectivity index (χ4n) is 2.11. The van der Waals surface area contributed by atoms with E-state index in [9.17, 15) is 4.79 Å². The second kappa shape index (κ2) is 9.08. The molecule has 5 nitrogen and oxygen atoms in total. The summed E-state index contributed by atoms with van der Waals surface area (Å²) in [4.78, 5) is 15.2. The van der Waals surface area contributed by atoms with Crippen LogP contribution in [0.1, 0.15) is 26.3 Å². The molecule has 1 amide bonds. The van der Waals surface area contributed by atoms with Gasteiger partial charge in [0.1, 0.15) is 11.5 Å². The molecule has 0 bridgehead atoms. The van der Waals surface area contributed by atoms with Crippen LogP contribution in [0.3, 0.4) is 0 Å². The van der Waals surface area contributed by atoms with E-state index in [1.807, 2.05) is 32.1 Å². The minimum Gasteiger partial charge on any atom is -0.494 e. The predicted molar refractivity (Wildman–Crippen MR) is 99.2 cm³/mol. The molecule has 0 aliphatic carbocycles. The van der Waals surface area contributed by atoms with Crippen molar-refractivity contribution in [3.05, 3.63) is 53.2 Å². The van der Waals surface area contributed by atoms with E-state index in [1.165, 1.54) is 6.92 Å². The van der Waals surface area contributed by atoms with Gasteiger partial charge in [-0.15, -0.1) is 0 Å². The van der Waals surface area contributed by atoms with Crippen molar-refractivity contribution in [1.82, 2.24) is 10.3 Å². The van der Waals surface area contributed by atoms with E-state index in [1.54, 1.807) is 30.5 Å². The van der Waals surface area contributed by atoms with Gasteiger partial charge in [-0.1, -0.05) is 23.8 Å². The summed E-state index contributed by atoms with van der Waals surface area (Å²) in [6.45, 7) is 5.88. The first kappa shape index (κ1) is 18.8. The number of hydrogen-bond donors (Lipinski definition) is 1.